The van der Waals surface area contributed by atoms with E-state index in [4.69, 9.17) is 16.7 Å². The van der Waals surface area contributed by atoms with Crippen molar-refractivity contribution < 1.29 is 19.5 Å². The first-order valence-corrected chi connectivity index (χ1v) is 7.51. The summed E-state index contributed by atoms with van der Waals surface area (Å²) < 4.78 is 0. The van der Waals surface area contributed by atoms with Gasteiger partial charge in [0.2, 0.25) is 5.91 Å². The number of rotatable bonds is 6. The third kappa shape index (κ3) is 5.10. The maximum atomic E-state index is 12.4. The summed E-state index contributed by atoms with van der Waals surface area (Å²) in [4.78, 5) is 34.6. The lowest BCUT2D eigenvalue weighted by atomic mass is 10.1. The molecule has 3 N–H and O–H groups in total. The van der Waals surface area contributed by atoms with E-state index in [2.05, 4.69) is 10.6 Å². The van der Waals surface area contributed by atoms with Gasteiger partial charge >= 0.3 is 5.97 Å². The molecule has 0 radical (unpaired) electrons. The largest absolute Gasteiger partial charge is 0.481 e. The summed E-state index contributed by atoms with van der Waals surface area (Å²) >= 11 is 5.80. The molecule has 124 valence electrons. The minimum absolute atomic E-state index is 0.164. The van der Waals surface area contributed by atoms with Gasteiger partial charge in [-0.05, 0) is 36.4 Å². The highest BCUT2D eigenvalue weighted by Crippen LogP contribution is 2.19. The monoisotopic (exact) mass is 346 g/mol. The van der Waals surface area contributed by atoms with Crippen LogP contribution >= 0.6 is 11.6 Å². The van der Waals surface area contributed by atoms with E-state index in [9.17, 15) is 14.4 Å². The van der Waals surface area contributed by atoms with Crippen LogP contribution in [0.25, 0.3) is 0 Å². The Balaban J connectivity index is 2.09. The minimum Gasteiger partial charge on any atom is -0.481 e. The predicted octanol–water partition coefficient (Wildman–Crippen LogP) is 3.40. The van der Waals surface area contributed by atoms with Crippen LogP contribution in [0, 0.1) is 0 Å². The van der Waals surface area contributed by atoms with Crippen molar-refractivity contribution in [3.63, 3.8) is 0 Å². The first-order valence-electron chi connectivity index (χ1n) is 7.13. The topological polar surface area (TPSA) is 95.5 Å². The third-order valence-corrected chi connectivity index (χ3v) is 3.37. The first-order chi connectivity index (χ1) is 11.5. The van der Waals surface area contributed by atoms with Crippen molar-refractivity contribution in [1.29, 1.82) is 0 Å². The first kappa shape index (κ1) is 17.5. The van der Waals surface area contributed by atoms with Gasteiger partial charge in [0.15, 0.2) is 0 Å². The number of amides is 2. The Morgan fingerprint density at radius 2 is 1.58 bits per heavy atom. The van der Waals surface area contributed by atoms with Gasteiger partial charge in [-0.15, -0.1) is 0 Å². The average Bonchev–Trinajstić information content (AvgIpc) is 2.55. The van der Waals surface area contributed by atoms with Crippen molar-refractivity contribution in [1.82, 2.24) is 0 Å². The van der Waals surface area contributed by atoms with E-state index in [-0.39, 0.29) is 18.4 Å². The van der Waals surface area contributed by atoms with E-state index in [1.165, 1.54) is 0 Å². The van der Waals surface area contributed by atoms with E-state index in [1.54, 1.807) is 48.5 Å². The molecule has 0 atom stereocenters. The number of para-hydroxylation sites is 1. The van der Waals surface area contributed by atoms with Crippen LogP contribution < -0.4 is 10.6 Å². The maximum Gasteiger partial charge on any atom is 0.303 e. The zero-order valence-electron chi connectivity index (χ0n) is 12.6. The van der Waals surface area contributed by atoms with Gasteiger partial charge in [-0.1, -0.05) is 23.7 Å². The standard InChI is InChI=1S/C17H15ClN2O4/c18-11-5-7-12(8-6-11)19-17(24)13-3-1-2-4-14(13)20-15(21)9-10-16(22)23/h1-8H,9-10H2,(H,19,24)(H,20,21)(H,22,23). The molecule has 0 spiro atoms. The van der Waals surface area contributed by atoms with E-state index in [1.807, 2.05) is 0 Å². The molecular weight excluding hydrogens is 332 g/mol. The molecule has 24 heavy (non-hydrogen) atoms. The van der Waals surface area contributed by atoms with E-state index < -0.39 is 17.8 Å². The second-order valence-corrected chi connectivity index (χ2v) is 5.38. The number of carboxylic acid groups (broad SMARTS) is 1. The number of anilines is 2. The number of hydrogen-bond acceptors (Lipinski definition) is 3. The van der Waals surface area contributed by atoms with Gasteiger partial charge < -0.3 is 15.7 Å². The van der Waals surface area contributed by atoms with Gasteiger partial charge in [-0.2, -0.15) is 0 Å². The molecule has 0 saturated carbocycles. The van der Waals surface area contributed by atoms with Crippen molar-refractivity contribution in [2.45, 2.75) is 12.8 Å². The number of carbonyl (C=O) groups is 3. The van der Waals surface area contributed by atoms with Crippen LogP contribution in [0.2, 0.25) is 5.02 Å². The zero-order chi connectivity index (χ0) is 17.5. The van der Waals surface area contributed by atoms with Gasteiger partial charge in [-0.25, -0.2) is 0 Å². The van der Waals surface area contributed by atoms with Crippen LogP contribution in [0.3, 0.4) is 0 Å². The van der Waals surface area contributed by atoms with Gasteiger partial charge in [-0.3, -0.25) is 14.4 Å². The number of aliphatic carboxylic acids is 1. The number of nitrogens with one attached hydrogen (secondary N) is 2. The molecule has 0 aliphatic rings. The molecule has 0 saturated heterocycles. The lowest BCUT2D eigenvalue weighted by Gasteiger charge is -2.11. The van der Waals surface area contributed by atoms with Crippen LogP contribution in [0.15, 0.2) is 48.5 Å². The summed E-state index contributed by atoms with van der Waals surface area (Å²) in [6.07, 6.45) is -0.437. The average molecular weight is 347 g/mol. The Kier molecular flexibility index (Phi) is 5.92. The van der Waals surface area contributed by atoms with Crippen LogP contribution in [0.1, 0.15) is 23.2 Å². The van der Waals surface area contributed by atoms with Gasteiger partial charge in [0.05, 0.1) is 17.7 Å². The lowest BCUT2D eigenvalue weighted by Crippen LogP contribution is -2.18. The van der Waals surface area contributed by atoms with E-state index >= 15 is 0 Å². The molecule has 0 aliphatic heterocycles. The Bertz CT molecular complexity index is 759. The fourth-order valence-corrected chi connectivity index (χ4v) is 2.08. The van der Waals surface area contributed by atoms with Crippen molar-refractivity contribution in [3.8, 4) is 0 Å². The smallest absolute Gasteiger partial charge is 0.303 e. The number of carbonyl (C=O) groups excluding carboxylic acids is 2. The molecule has 0 fully saturated rings. The van der Waals surface area contributed by atoms with Crippen molar-refractivity contribution in [2.24, 2.45) is 0 Å². The molecule has 2 aromatic rings. The Morgan fingerprint density at radius 1 is 0.917 bits per heavy atom. The van der Waals surface area contributed by atoms with Crippen LogP contribution in [-0.4, -0.2) is 22.9 Å². The van der Waals surface area contributed by atoms with Crippen LogP contribution in [0.5, 0.6) is 0 Å². The fourth-order valence-electron chi connectivity index (χ4n) is 1.95. The number of benzene rings is 2. The number of carboxylic acids is 1. The van der Waals surface area contributed by atoms with Gasteiger partial charge in [0, 0.05) is 17.1 Å². The second-order valence-electron chi connectivity index (χ2n) is 4.95. The molecule has 0 heterocycles. The van der Waals surface area contributed by atoms with Crippen LogP contribution in [0.4, 0.5) is 11.4 Å². The molecule has 0 aromatic heterocycles. The molecule has 7 heteroatoms. The molecule has 0 bridgehead atoms. The lowest BCUT2D eigenvalue weighted by molar-refractivity contribution is -0.138. The Morgan fingerprint density at radius 3 is 2.25 bits per heavy atom. The van der Waals surface area contributed by atoms with Crippen molar-refractivity contribution in [3.05, 3.63) is 59.1 Å². The fraction of sp³-hybridized carbons (Fsp3) is 0.118. The molecule has 2 aromatic carbocycles. The molecule has 2 rings (SSSR count). The molecular formula is C17H15ClN2O4. The van der Waals surface area contributed by atoms with Gasteiger partial charge in [0.25, 0.3) is 5.91 Å². The van der Waals surface area contributed by atoms with E-state index in [0.29, 0.717) is 16.4 Å². The molecule has 0 aliphatic carbocycles. The SMILES string of the molecule is O=C(O)CCC(=O)Nc1ccccc1C(=O)Nc1ccc(Cl)cc1. The van der Waals surface area contributed by atoms with Crippen molar-refractivity contribution >= 4 is 40.8 Å². The molecule has 2 amide bonds. The zero-order valence-corrected chi connectivity index (χ0v) is 13.3. The normalized spacial score (nSPS) is 10.0. The highest BCUT2D eigenvalue weighted by molar-refractivity contribution is 6.30. The van der Waals surface area contributed by atoms with Crippen LogP contribution in [-0.2, 0) is 9.59 Å². The summed E-state index contributed by atoms with van der Waals surface area (Å²) in [5, 5.41) is 14.4. The summed E-state index contributed by atoms with van der Waals surface area (Å²) in [6.45, 7) is 0. The summed E-state index contributed by atoms with van der Waals surface area (Å²) in [6, 6.07) is 13.1. The minimum atomic E-state index is -1.06. The third-order valence-electron chi connectivity index (χ3n) is 3.11. The van der Waals surface area contributed by atoms with E-state index in [0.717, 1.165) is 0 Å². The highest BCUT2D eigenvalue weighted by atomic mass is 35.5. The molecule has 0 unspecified atom stereocenters. The quantitative estimate of drug-likeness (QED) is 0.747. The summed E-state index contributed by atoms with van der Waals surface area (Å²) in [7, 11) is 0. The summed E-state index contributed by atoms with van der Waals surface area (Å²) in [5.74, 6) is -1.92. The maximum absolute atomic E-state index is 12.4. The van der Waals surface area contributed by atoms with Crippen molar-refractivity contribution in [2.75, 3.05) is 10.6 Å². The van der Waals surface area contributed by atoms with Gasteiger partial charge in [0.1, 0.15) is 0 Å². The summed E-state index contributed by atoms with van der Waals surface area (Å²) in [5.41, 5.74) is 1.16. The predicted molar refractivity (Wildman–Crippen MR) is 91.3 cm³/mol. The Hall–Kier alpha value is -2.86. The Labute approximate surface area is 143 Å². The molecule has 6 nitrogen and oxygen atoms in total. The number of hydrogen-bond donors (Lipinski definition) is 3. The second kappa shape index (κ2) is 8.12. The number of halogens is 1. The highest BCUT2D eigenvalue weighted by Gasteiger charge is 2.14.